The minimum absolute atomic E-state index is 0.0275. The molecule has 0 spiro atoms. The van der Waals surface area contributed by atoms with Crippen LogP contribution in [0.5, 0.6) is 0 Å². The fourth-order valence-electron chi connectivity index (χ4n) is 1.27. The van der Waals surface area contributed by atoms with Gasteiger partial charge < -0.3 is 15.2 Å². The van der Waals surface area contributed by atoms with Crippen LogP contribution in [-0.2, 0) is 19.1 Å². The molecule has 0 saturated carbocycles. The lowest BCUT2D eigenvalue weighted by Gasteiger charge is -2.24. The Morgan fingerprint density at radius 1 is 1.26 bits per heavy atom. The van der Waals surface area contributed by atoms with Gasteiger partial charge in [0, 0.05) is 11.8 Å². The summed E-state index contributed by atoms with van der Waals surface area (Å²) in [4.78, 5) is 34.1. The number of amides is 1. The number of carboxylic acid groups (broad SMARTS) is 1. The van der Waals surface area contributed by atoms with Crippen LogP contribution in [-0.4, -0.2) is 35.6 Å². The molecule has 6 heteroatoms. The number of hydrogen-bond donors (Lipinski definition) is 2. The Morgan fingerprint density at radius 2 is 1.84 bits per heavy atom. The SMILES string of the molecule is CCOC(=O)CC[C@H](NC(=O)C(C)(C)CC)C(=O)O. The van der Waals surface area contributed by atoms with Gasteiger partial charge in [0.15, 0.2) is 0 Å². The molecule has 0 aromatic rings. The number of esters is 1. The first-order valence-corrected chi connectivity index (χ1v) is 6.44. The first-order valence-electron chi connectivity index (χ1n) is 6.44. The van der Waals surface area contributed by atoms with Crippen molar-refractivity contribution in [3.05, 3.63) is 0 Å². The van der Waals surface area contributed by atoms with Crippen LogP contribution in [0.15, 0.2) is 0 Å². The zero-order valence-corrected chi connectivity index (χ0v) is 12.0. The van der Waals surface area contributed by atoms with E-state index in [9.17, 15) is 14.4 Å². The molecular formula is C13H23NO5. The Morgan fingerprint density at radius 3 is 2.26 bits per heavy atom. The summed E-state index contributed by atoms with van der Waals surface area (Å²) in [5.41, 5.74) is -0.627. The third-order valence-electron chi connectivity index (χ3n) is 3.04. The molecule has 0 unspecified atom stereocenters. The number of aliphatic carboxylic acids is 1. The van der Waals surface area contributed by atoms with Crippen molar-refractivity contribution in [1.82, 2.24) is 5.32 Å². The summed E-state index contributed by atoms with van der Waals surface area (Å²) in [6, 6.07) is -1.07. The number of ether oxygens (including phenoxy) is 1. The van der Waals surface area contributed by atoms with E-state index in [1.807, 2.05) is 6.92 Å². The highest BCUT2D eigenvalue weighted by atomic mass is 16.5. The molecule has 0 fully saturated rings. The summed E-state index contributed by atoms with van der Waals surface area (Å²) in [7, 11) is 0. The van der Waals surface area contributed by atoms with Crippen molar-refractivity contribution in [1.29, 1.82) is 0 Å². The highest BCUT2D eigenvalue weighted by Gasteiger charge is 2.30. The zero-order chi connectivity index (χ0) is 15.1. The Hall–Kier alpha value is -1.59. The van der Waals surface area contributed by atoms with Crippen LogP contribution in [0.3, 0.4) is 0 Å². The fraction of sp³-hybridized carbons (Fsp3) is 0.769. The molecule has 6 nitrogen and oxygen atoms in total. The number of carboxylic acids is 1. The largest absolute Gasteiger partial charge is 0.480 e. The van der Waals surface area contributed by atoms with Crippen molar-refractivity contribution < 1.29 is 24.2 Å². The summed E-state index contributed by atoms with van der Waals surface area (Å²) < 4.78 is 4.72. The van der Waals surface area contributed by atoms with Gasteiger partial charge >= 0.3 is 11.9 Å². The van der Waals surface area contributed by atoms with Crippen molar-refractivity contribution in [2.75, 3.05) is 6.61 Å². The van der Waals surface area contributed by atoms with Gasteiger partial charge in [0.25, 0.3) is 0 Å². The lowest BCUT2D eigenvalue weighted by Crippen LogP contribution is -2.46. The minimum atomic E-state index is -1.15. The quantitative estimate of drug-likeness (QED) is 0.651. The van der Waals surface area contributed by atoms with Gasteiger partial charge in [-0.1, -0.05) is 20.8 Å². The predicted molar refractivity (Wildman–Crippen MR) is 69.5 cm³/mol. The monoisotopic (exact) mass is 273 g/mol. The van der Waals surface area contributed by atoms with Crippen molar-refractivity contribution >= 4 is 17.8 Å². The molecule has 2 N–H and O–H groups in total. The minimum Gasteiger partial charge on any atom is -0.480 e. The van der Waals surface area contributed by atoms with E-state index in [-0.39, 0.29) is 25.4 Å². The van der Waals surface area contributed by atoms with E-state index in [0.717, 1.165) is 0 Å². The Bertz CT molecular complexity index is 338. The smallest absolute Gasteiger partial charge is 0.326 e. The van der Waals surface area contributed by atoms with Crippen molar-refractivity contribution in [3.8, 4) is 0 Å². The molecule has 0 aromatic carbocycles. The van der Waals surface area contributed by atoms with Gasteiger partial charge in [-0.2, -0.15) is 0 Å². The van der Waals surface area contributed by atoms with E-state index in [1.54, 1.807) is 20.8 Å². The molecule has 0 aliphatic carbocycles. The molecule has 0 aliphatic heterocycles. The maximum absolute atomic E-state index is 11.9. The first-order chi connectivity index (χ1) is 8.74. The van der Waals surface area contributed by atoms with Gasteiger partial charge in [-0.3, -0.25) is 9.59 Å². The van der Waals surface area contributed by atoms with Crippen LogP contribution in [0.2, 0.25) is 0 Å². The van der Waals surface area contributed by atoms with E-state index < -0.39 is 23.4 Å². The lowest BCUT2D eigenvalue weighted by molar-refractivity contribution is -0.146. The second-order valence-corrected chi connectivity index (χ2v) is 4.95. The molecule has 19 heavy (non-hydrogen) atoms. The molecule has 0 saturated heterocycles. The van der Waals surface area contributed by atoms with E-state index in [2.05, 4.69) is 5.32 Å². The van der Waals surface area contributed by atoms with E-state index in [0.29, 0.717) is 6.42 Å². The van der Waals surface area contributed by atoms with Crippen LogP contribution < -0.4 is 5.32 Å². The van der Waals surface area contributed by atoms with Crippen LogP contribution in [0, 0.1) is 5.41 Å². The topological polar surface area (TPSA) is 92.7 Å². The number of hydrogen-bond acceptors (Lipinski definition) is 4. The standard InChI is InChI=1S/C13H23NO5/c1-5-13(3,4)12(18)14-9(11(16)17)7-8-10(15)19-6-2/h9H,5-8H2,1-4H3,(H,14,18)(H,16,17)/t9-/m0/s1. The highest BCUT2D eigenvalue weighted by Crippen LogP contribution is 2.20. The number of nitrogens with one attached hydrogen (secondary N) is 1. The second kappa shape index (κ2) is 7.76. The van der Waals surface area contributed by atoms with E-state index in [1.165, 1.54) is 0 Å². The molecule has 1 amide bonds. The molecule has 0 heterocycles. The van der Waals surface area contributed by atoms with Crippen LogP contribution in [0.4, 0.5) is 0 Å². The summed E-state index contributed by atoms with van der Waals surface area (Å²) in [6.07, 6.45) is 0.598. The van der Waals surface area contributed by atoms with Gasteiger partial charge in [-0.25, -0.2) is 4.79 Å². The predicted octanol–water partition coefficient (Wildman–Crippen LogP) is 1.34. The average molecular weight is 273 g/mol. The van der Waals surface area contributed by atoms with Crippen molar-refractivity contribution in [2.45, 2.75) is 53.0 Å². The van der Waals surface area contributed by atoms with Gasteiger partial charge in [-0.15, -0.1) is 0 Å². The maximum atomic E-state index is 11.9. The van der Waals surface area contributed by atoms with Crippen LogP contribution in [0.1, 0.15) is 47.0 Å². The first kappa shape index (κ1) is 17.4. The molecule has 0 aromatic heterocycles. The second-order valence-electron chi connectivity index (χ2n) is 4.95. The van der Waals surface area contributed by atoms with Gasteiger partial charge in [0.05, 0.1) is 6.61 Å². The van der Waals surface area contributed by atoms with Gasteiger partial charge in [0.1, 0.15) is 6.04 Å². The Labute approximate surface area is 113 Å². The molecule has 1 atom stereocenters. The molecule has 0 bridgehead atoms. The zero-order valence-electron chi connectivity index (χ0n) is 12.0. The number of rotatable bonds is 8. The van der Waals surface area contributed by atoms with Gasteiger partial charge in [0.2, 0.25) is 5.91 Å². The maximum Gasteiger partial charge on any atom is 0.326 e. The summed E-state index contributed by atoms with van der Waals surface area (Å²) in [5, 5.41) is 11.5. The third kappa shape index (κ3) is 6.22. The average Bonchev–Trinajstić information content (AvgIpc) is 2.33. The molecule has 0 aliphatic rings. The van der Waals surface area contributed by atoms with E-state index in [4.69, 9.17) is 9.84 Å². The lowest BCUT2D eigenvalue weighted by atomic mass is 9.89. The number of carbonyl (C=O) groups is 3. The molecule has 110 valence electrons. The van der Waals surface area contributed by atoms with Crippen molar-refractivity contribution in [3.63, 3.8) is 0 Å². The van der Waals surface area contributed by atoms with Crippen molar-refractivity contribution in [2.24, 2.45) is 5.41 Å². The summed E-state index contributed by atoms with van der Waals surface area (Å²) in [5.74, 6) is -1.94. The highest BCUT2D eigenvalue weighted by molar-refractivity contribution is 5.87. The third-order valence-corrected chi connectivity index (χ3v) is 3.04. The summed E-state index contributed by atoms with van der Waals surface area (Å²) >= 11 is 0. The number of carbonyl (C=O) groups excluding carboxylic acids is 2. The van der Waals surface area contributed by atoms with E-state index >= 15 is 0 Å². The van der Waals surface area contributed by atoms with Gasteiger partial charge in [-0.05, 0) is 19.8 Å². The summed E-state index contributed by atoms with van der Waals surface area (Å²) in [6.45, 7) is 7.27. The normalized spacial score (nSPS) is 12.6. The molecule has 0 rings (SSSR count). The molecular weight excluding hydrogens is 250 g/mol. The fourth-order valence-corrected chi connectivity index (χ4v) is 1.27. The van der Waals surface area contributed by atoms with Crippen LogP contribution >= 0.6 is 0 Å². The van der Waals surface area contributed by atoms with Crippen LogP contribution in [0.25, 0.3) is 0 Å². The molecule has 0 radical (unpaired) electrons. The Balaban J connectivity index is 4.47. The Kier molecular flexibility index (Phi) is 7.11.